The van der Waals surface area contributed by atoms with Gasteiger partial charge in [-0.05, 0) is 46.4 Å². The van der Waals surface area contributed by atoms with E-state index in [1.165, 1.54) is 18.2 Å². The van der Waals surface area contributed by atoms with Crippen molar-refractivity contribution in [2.75, 3.05) is 53.1 Å². The van der Waals surface area contributed by atoms with Crippen molar-refractivity contribution in [2.24, 2.45) is 0 Å². The van der Waals surface area contributed by atoms with Crippen LogP contribution in [0.1, 0.15) is 10.4 Å². The molecule has 2 amide bonds. The van der Waals surface area contributed by atoms with Gasteiger partial charge in [0.05, 0.1) is 6.54 Å². The molecule has 23 heavy (non-hydrogen) atoms. The third-order valence-corrected chi connectivity index (χ3v) is 3.77. The van der Waals surface area contributed by atoms with E-state index < -0.39 is 5.82 Å². The van der Waals surface area contributed by atoms with Crippen LogP contribution < -0.4 is 5.32 Å². The Balaban J connectivity index is 2.05. The molecule has 0 spiro atoms. The number of carbonyl (C=O) groups excluding carboxylic acids is 2. The lowest BCUT2D eigenvalue weighted by Crippen LogP contribution is -2.59. The highest BCUT2D eigenvalue weighted by molar-refractivity contribution is 5.98. The highest BCUT2D eigenvalue weighted by Gasteiger charge is 2.32. The Morgan fingerprint density at radius 2 is 1.87 bits per heavy atom. The molecule has 6 nitrogen and oxygen atoms in total. The van der Waals surface area contributed by atoms with Gasteiger partial charge in [-0.3, -0.25) is 9.59 Å². The summed E-state index contributed by atoms with van der Waals surface area (Å²) >= 11 is 0. The molecule has 1 N–H and O–H groups in total. The van der Waals surface area contributed by atoms with Crippen LogP contribution in [0.5, 0.6) is 0 Å². The van der Waals surface area contributed by atoms with Crippen LogP contribution in [0.15, 0.2) is 18.2 Å². The second kappa shape index (κ2) is 7.06. The van der Waals surface area contributed by atoms with Gasteiger partial charge in [-0.2, -0.15) is 0 Å². The number of amides is 2. The van der Waals surface area contributed by atoms with Crippen molar-refractivity contribution < 1.29 is 14.0 Å². The lowest BCUT2D eigenvalue weighted by atomic mass is 10.1. The average Bonchev–Trinajstić information content (AvgIpc) is 2.34. The summed E-state index contributed by atoms with van der Waals surface area (Å²) in [5.41, 5.74) is 0.548. The van der Waals surface area contributed by atoms with E-state index in [1.807, 2.05) is 14.1 Å². The van der Waals surface area contributed by atoms with Crippen LogP contribution in [0.2, 0.25) is 0 Å². The number of rotatable bonds is 5. The molecule has 0 radical (unpaired) electrons. The first-order valence-corrected chi connectivity index (χ1v) is 7.47. The summed E-state index contributed by atoms with van der Waals surface area (Å²) in [5, 5.41) is 2.61. The molecule has 7 heteroatoms. The van der Waals surface area contributed by atoms with Crippen molar-refractivity contribution in [3.05, 3.63) is 29.6 Å². The van der Waals surface area contributed by atoms with Gasteiger partial charge in [0.1, 0.15) is 5.82 Å². The van der Waals surface area contributed by atoms with Gasteiger partial charge in [-0.25, -0.2) is 4.39 Å². The van der Waals surface area contributed by atoms with E-state index in [0.29, 0.717) is 24.8 Å². The topological polar surface area (TPSA) is 55.9 Å². The molecule has 2 rings (SSSR count). The largest absolute Gasteiger partial charge is 0.335 e. The Labute approximate surface area is 135 Å². The molecule has 0 unspecified atom stereocenters. The Hall–Kier alpha value is -1.99. The van der Waals surface area contributed by atoms with E-state index >= 15 is 0 Å². The second-order valence-corrected chi connectivity index (χ2v) is 6.34. The Morgan fingerprint density at radius 1 is 1.22 bits per heavy atom. The summed E-state index contributed by atoms with van der Waals surface area (Å²) in [4.78, 5) is 29.6. The number of carbonyl (C=O) groups is 2. The lowest BCUT2D eigenvalue weighted by molar-refractivity contribution is -0.116. The van der Waals surface area contributed by atoms with E-state index in [9.17, 15) is 14.0 Å². The number of likely N-dealkylation sites (tertiary alicyclic amines) is 1. The van der Waals surface area contributed by atoms with Gasteiger partial charge in [-0.1, -0.05) is 0 Å². The summed E-state index contributed by atoms with van der Waals surface area (Å²) in [6, 6.07) is 4.27. The number of nitrogens with one attached hydrogen (secondary N) is 1. The molecule has 0 atom stereocenters. The zero-order chi connectivity index (χ0) is 17.1. The fourth-order valence-electron chi connectivity index (χ4n) is 2.40. The first-order chi connectivity index (χ1) is 10.8. The van der Waals surface area contributed by atoms with Crippen LogP contribution >= 0.6 is 0 Å². The molecule has 0 aromatic heterocycles. The highest BCUT2D eigenvalue weighted by atomic mass is 19.1. The number of likely N-dealkylation sites (N-methyl/N-ethyl adjacent to an activating group) is 2. The van der Waals surface area contributed by atoms with Crippen LogP contribution in [0, 0.1) is 5.82 Å². The van der Waals surface area contributed by atoms with Gasteiger partial charge in [0.25, 0.3) is 5.91 Å². The third kappa shape index (κ3) is 4.49. The minimum Gasteiger partial charge on any atom is -0.335 e. The summed E-state index contributed by atoms with van der Waals surface area (Å²) < 4.78 is 13.8. The zero-order valence-electron chi connectivity index (χ0n) is 14.0. The molecular formula is C16H23FN4O2. The van der Waals surface area contributed by atoms with E-state index in [2.05, 4.69) is 10.2 Å². The second-order valence-electron chi connectivity index (χ2n) is 6.34. The quantitative estimate of drug-likeness (QED) is 0.868. The van der Waals surface area contributed by atoms with Crippen molar-refractivity contribution in [3.63, 3.8) is 0 Å². The molecule has 0 bridgehead atoms. The molecule has 1 aromatic rings. The highest BCUT2D eigenvalue weighted by Crippen LogP contribution is 2.20. The van der Waals surface area contributed by atoms with E-state index in [0.717, 1.165) is 0 Å². The Kier molecular flexibility index (Phi) is 5.33. The van der Waals surface area contributed by atoms with Crippen LogP contribution in [0.4, 0.5) is 10.1 Å². The first-order valence-electron chi connectivity index (χ1n) is 7.47. The minimum absolute atomic E-state index is 0.191. The van der Waals surface area contributed by atoms with Gasteiger partial charge >= 0.3 is 0 Å². The fourth-order valence-corrected chi connectivity index (χ4v) is 2.40. The van der Waals surface area contributed by atoms with Crippen molar-refractivity contribution >= 4 is 17.5 Å². The number of hydrogen-bond donors (Lipinski definition) is 1. The SMILES string of the molecule is CN(C)CC(=O)Nc1cc(F)cc(C(=O)N2CC(N(C)C)C2)c1. The van der Waals surface area contributed by atoms with Crippen LogP contribution in [0.25, 0.3) is 0 Å². The Bertz CT molecular complexity index is 598. The number of halogens is 1. The van der Waals surface area contributed by atoms with Gasteiger partial charge < -0.3 is 20.0 Å². The van der Waals surface area contributed by atoms with Crippen LogP contribution in [0.3, 0.4) is 0 Å². The molecule has 1 heterocycles. The predicted molar refractivity (Wildman–Crippen MR) is 87.0 cm³/mol. The summed E-state index contributed by atoms with van der Waals surface area (Å²) in [6.07, 6.45) is 0. The summed E-state index contributed by atoms with van der Waals surface area (Å²) in [7, 11) is 7.47. The standard InChI is InChI=1S/C16H23FN4O2/c1-19(2)10-15(22)18-13-6-11(5-12(17)7-13)16(23)21-8-14(9-21)20(3)4/h5-7,14H,8-10H2,1-4H3,(H,18,22). The molecule has 1 saturated heterocycles. The summed E-state index contributed by atoms with van der Waals surface area (Å²) in [6.45, 7) is 1.45. The molecule has 0 aliphatic carbocycles. The molecule has 1 aromatic carbocycles. The molecule has 1 fully saturated rings. The number of benzene rings is 1. The van der Waals surface area contributed by atoms with Crippen LogP contribution in [-0.2, 0) is 4.79 Å². The van der Waals surface area contributed by atoms with Crippen molar-refractivity contribution in [3.8, 4) is 0 Å². The maximum atomic E-state index is 13.8. The number of nitrogens with zero attached hydrogens (tertiary/aromatic N) is 3. The number of anilines is 1. The van der Waals surface area contributed by atoms with Gasteiger partial charge in [0.15, 0.2) is 0 Å². The summed E-state index contributed by atoms with van der Waals surface area (Å²) in [5.74, 6) is -1.01. The van der Waals surface area contributed by atoms with Crippen molar-refractivity contribution in [2.45, 2.75) is 6.04 Å². The smallest absolute Gasteiger partial charge is 0.254 e. The van der Waals surface area contributed by atoms with E-state index in [4.69, 9.17) is 0 Å². The molecule has 1 aliphatic heterocycles. The van der Waals surface area contributed by atoms with E-state index in [1.54, 1.807) is 23.9 Å². The monoisotopic (exact) mass is 322 g/mol. The zero-order valence-corrected chi connectivity index (χ0v) is 14.0. The maximum absolute atomic E-state index is 13.8. The Morgan fingerprint density at radius 3 is 2.43 bits per heavy atom. The molecule has 0 saturated carbocycles. The fraction of sp³-hybridized carbons (Fsp3) is 0.500. The number of hydrogen-bond acceptors (Lipinski definition) is 4. The molecule has 1 aliphatic rings. The maximum Gasteiger partial charge on any atom is 0.254 e. The van der Waals surface area contributed by atoms with Gasteiger partial charge in [0, 0.05) is 30.4 Å². The average molecular weight is 322 g/mol. The van der Waals surface area contributed by atoms with E-state index in [-0.39, 0.29) is 23.9 Å². The molecule has 126 valence electrons. The predicted octanol–water partition coefficient (Wildman–Crippen LogP) is 0.712. The minimum atomic E-state index is -0.541. The van der Waals surface area contributed by atoms with Crippen molar-refractivity contribution in [1.82, 2.24) is 14.7 Å². The van der Waals surface area contributed by atoms with Gasteiger partial charge in [-0.15, -0.1) is 0 Å². The normalized spacial score (nSPS) is 15.0. The van der Waals surface area contributed by atoms with Gasteiger partial charge in [0.2, 0.25) is 5.91 Å². The molecular weight excluding hydrogens is 299 g/mol. The first kappa shape index (κ1) is 17.4. The third-order valence-electron chi connectivity index (χ3n) is 3.77. The lowest BCUT2D eigenvalue weighted by Gasteiger charge is -2.42. The van der Waals surface area contributed by atoms with Crippen LogP contribution in [-0.4, -0.2) is 80.4 Å². The van der Waals surface area contributed by atoms with Crippen molar-refractivity contribution in [1.29, 1.82) is 0 Å².